The molecule has 0 aliphatic carbocycles. The summed E-state index contributed by atoms with van der Waals surface area (Å²) in [5.74, 6) is 1.16. The van der Waals surface area contributed by atoms with Crippen molar-refractivity contribution in [2.45, 2.75) is 6.92 Å². The van der Waals surface area contributed by atoms with Crippen molar-refractivity contribution in [1.29, 1.82) is 0 Å². The Bertz CT molecular complexity index is 923. The van der Waals surface area contributed by atoms with Gasteiger partial charge in [-0.25, -0.2) is 4.98 Å². The number of fused-ring (bicyclic) bond motifs is 1. The molecule has 126 valence electrons. The van der Waals surface area contributed by atoms with Gasteiger partial charge in [0.25, 0.3) is 5.69 Å². The van der Waals surface area contributed by atoms with Crippen LogP contribution in [0.15, 0.2) is 59.8 Å². The average Bonchev–Trinajstić information content (AvgIpc) is 2.64. The van der Waals surface area contributed by atoms with Crippen LogP contribution in [0.4, 0.5) is 11.5 Å². The SMILES string of the molecule is CCOc1ccc2ccccc2c1/C=N\Nc1ccc([N+](=O)[O-])cn1. The standard InChI is InChI=1S/C18H16N4O3/c1-2-25-17-9-7-13-5-3-4-6-15(13)16(17)12-20-21-18-10-8-14(11-19-18)22(23)24/h3-12H,2H2,1H3,(H,19,21)/b20-12-. The topological polar surface area (TPSA) is 89.6 Å². The maximum absolute atomic E-state index is 10.6. The van der Waals surface area contributed by atoms with E-state index < -0.39 is 4.92 Å². The molecule has 3 aromatic rings. The average molecular weight is 336 g/mol. The Labute approximate surface area is 144 Å². The number of nitrogens with zero attached hydrogens (tertiary/aromatic N) is 3. The second-order valence-electron chi connectivity index (χ2n) is 5.16. The highest BCUT2D eigenvalue weighted by molar-refractivity contribution is 6.02. The van der Waals surface area contributed by atoms with E-state index in [1.165, 1.54) is 18.3 Å². The van der Waals surface area contributed by atoms with E-state index in [9.17, 15) is 10.1 Å². The van der Waals surface area contributed by atoms with Crippen molar-refractivity contribution in [3.8, 4) is 5.75 Å². The van der Waals surface area contributed by atoms with Crippen molar-refractivity contribution in [3.63, 3.8) is 0 Å². The first-order chi connectivity index (χ1) is 12.2. The van der Waals surface area contributed by atoms with E-state index in [-0.39, 0.29) is 5.69 Å². The first-order valence-corrected chi connectivity index (χ1v) is 7.73. The van der Waals surface area contributed by atoms with Gasteiger partial charge in [0, 0.05) is 11.6 Å². The number of benzene rings is 2. The van der Waals surface area contributed by atoms with Crippen molar-refractivity contribution < 1.29 is 9.66 Å². The molecule has 7 heteroatoms. The van der Waals surface area contributed by atoms with Crippen LogP contribution in [0.25, 0.3) is 10.8 Å². The number of hydrogen-bond donors (Lipinski definition) is 1. The summed E-state index contributed by atoms with van der Waals surface area (Å²) in [6, 6.07) is 14.7. The summed E-state index contributed by atoms with van der Waals surface area (Å²) in [6.07, 6.45) is 2.85. The van der Waals surface area contributed by atoms with Crippen molar-refractivity contribution in [2.75, 3.05) is 12.0 Å². The summed E-state index contributed by atoms with van der Waals surface area (Å²) in [5.41, 5.74) is 3.56. The molecule has 0 radical (unpaired) electrons. The van der Waals surface area contributed by atoms with Gasteiger partial charge >= 0.3 is 0 Å². The first-order valence-electron chi connectivity index (χ1n) is 7.73. The quantitative estimate of drug-likeness (QED) is 0.417. The summed E-state index contributed by atoms with van der Waals surface area (Å²) >= 11 is 0. The predicted molar refractivity (Wildman–Crippen MR) is 97.2 cm³/mol. The lowest BCUT2D eigenvalue weighted by atomic mass is 10.0. The van der Waals surface area contributed by atoms with Gasteiger partial charge in [-0.1, -0.05) is 30.3 Å². The zero-order valence-corrected chi connectivity index (χ0v) is 13.5. The Morgan fingerprint density at radius 1 is 1.24 bits per heavy atom. The first kappa shape index (κ1) is 16.4. The fourth-order valence-electron chi connectivity index (χ4n) is 2.41. The molecular weight excluding hydrogens is 320 g/mol. The minimum atomic E-state index is -0.496. The molecule has 0 atom stereocenters. The Morgan fingerprint density at radius 2 is 2.08 bits per heavy atom. The van der Waals surface area contributed by atoms with E-state index in [2.05, 4.69) is 15.5 Å². The van der Waals surface area contributed by atoms with Crippen LogP contribution >= 0.6 is 0 Å². The predicted octanol–water partition coefficient (Wildman–Crippen LogP) is 3.99. The number of ether oxygens (including phenoxy) is 1. The van der Waals surface area contributed by atoms with Gasteiger partial charge in [0.1, 0.15) is 17.8 Å². The summed E-state index contributed by atoms with van der Waals surface area (Å²) in [5, 5.41) is 16.9. The molecule has 0 bridgehead atoms. The number of rotatable bonds is 6. The minimum absolute atomic E-state index is 0.0674. The highest BCUT2D eigenvalue weighted by atomic mass is 16.6. The van der Waals surface area contributed by atoms with Crippen LogP contribution in [-0.4, -0.2) is 22.7 Å². The molecule has 0 aliphatic heterocycles. The number of nitrogens with one attached hydrogen (secondary N) is 1. The molecule has 25 heavy (non-hydrogen) atoms. The van der Waals surface area contributed by atoms with E-state index in [4.69, 9.17) is 4.74 Å². The summed E-state index contributed by atoms with van der Waals surface area (Å²) in [4.78, 5) is 14.1. The molecule has 0 amide bonds. The number of pyridine rings is 1. The van der Waals surface area contributed by atoms with E-state index >= 15 is 0 Å². The second kappa shape index (κ2) is 7.39. The van der Waals surface area contributed by atoms with Crippen molar-refractivity contribution in [3.05, 3.63) is 70.4 Å². The van der Waals surface area contributed by atoms with Gasteiger partial charge in [0.2, 0.25) is 0 Å². The Kier molecular flexibility index (Phi) is 4.84. The van der Waals surface area contributed by atoms with Gasteiger partial charge in [-0.15, -0.1) is 0 Å². The summed E-state index contributed by atoms with van der Waals surface area (Å²) in [6.45, 7) is 2.48. The van der Waals surface area contributed by atoms with Crippen LogP contribution in [0, 0.1) is 10.1 Å². The van der Waals surface area contributed by atoms with Crippen LogP contribution in [0.2, 0.25) is 0 Å². The molecule has 0 saturated carbocycles. The molecule has 1 aromatic heterocycles. The van der Waals surface area contributed by atoms with Gasteiger partial charge in [-0.2, -0.15) is 5.10 Å². The highest BCUT2D eigenvalue weighted by Gasteiger charge is 2.07. The summed E-state index contributed by atoms with van der Waals surface area (Å²) < 4.78 is 5.68. The fourth-order valence-corrected chi connectivity index (χ4v) is 2.41. The largest absolute Gasteiger partial charge is 0.493 e. The normalized spacial score (nSPS) is 10.9. The number of hydrogen-bond acceptors (Lipinski definition) is 6. The maximum atomic E-state index is 10.6. The smallest absolute Gasteiger partial charge is 0.287 e. The van der Waals surface area contributed by atoms with Crippen LogP contribution in [-0.2, 0) is 0 Å². The van der Waals surface area contributed by atoms with E-state index in [0.29, 0.717) is 12.4 Å². The third-order valence-electron chi connectivity index (χ3n) is 3.56. The molecule has 1 N–H and O–H groups in total. The van der Waals surface area contributed by atoms with Crippen molar-refractivity contribution in [1.82, 2.24) is 4.98 Å². The van der Waals surface area contributed by atoms with Gasteiger partial charge in [-0.3, -0.25) is 15.5 Å². The molecule has 0 saturated heterocycles. The van der Waals surface area contributed by atoms with Crippen LogP contribution in [0.5, 0.6) is 5.75 Å². The van der Waals surface area contributed by atoms with E-state index in [1.54, 1.807) is 6.21 Å². The molecule has 7 nitrogen and oxygen atoms in total. The molecule has 0 unspecified atom stereocenters. The molecule has 1 heterocycles. The number of nitro groups is 1. The Hall–Kier alpha value is -3.48. The number of aromatic nitrogens is 1. The lowest BCUT2D eigenvalue weighted by molar-refractivity contribution is -0.385. The van der Waals surface area contributed by atoms with E-state index in [1.807, 2.05) is 43.3 Å². The van der Waals surface area contributed by atoms with Crippen LogP contribution in [0.1, 0.15) is 12.5 Å². The van der Waals surface area contributed by atoms with Gasteiger partial charge < -0.3 is 4.74 Å². The fraction of sp³-hybridized carbons (Fsp3) is 0.111. The molecule has 0 aliphatic rings. The van der Waals surface area contributed by atoms with Crippen LogP contribution in [0.3, 0.4) is 0 Å². The van der Waals surface area contributed by atoms with Crippen molar-refractivity contribution >= 4 is 28.5 Å². The van der Waals surface area contributed by atoms with E-state index in [0.717, 1.165) is 22.1 Å². The van der Waals surface area contributed by atoms with Crippen LogP contribution < -0.4 is 10.2 Å². The third kappa shape index (κ3) is 3.72. The molecule has 0 fully saturated rings. The molecule has 2 aromatic carbocycles. The number of anilines is 1. The minimum Gasteiger partial charge on any atom is -0.493 e. The Morgan fingerprint density at radius 3 is 2.80 bits per heavy atom. The monoisotopic (exact) mass is 336 g/mol. The van der Waals surface area contributed by atoms with Gasteiger partial charge in [0.05, 0.1) is 17.7 Å². The third-order valence-corrected chi connectivity index (χ3v) is 3.56. The molecule has 0 spiro atoms. The lowest BCUT2D eigenvalue weighted by Gasteiger charge is -2.10. The summed E-state index contributed by atoms with van der Waals surface area (Å²) in [7, 11) is 0. The Balaban J connectivity index is 1.87. The zero-order valence-electron chi connectivity index (χ0n) is 13.5. The lowest BCUT2D eigenvalue weighted by Crippen LogP contribution is -1.99. The van der Waals surface area contributed by atoms with Crippen molar-refractivity contribution in [2.24, 2.45) is 5.10 Å². The molecule has 3 rings (SSSR count). The zero-order chi connectivity index (χ0) is 17.6. The highest BCUT2D eigenvalue weighted by Crippen LogP contribution is 2.26. The number of hydrazone groups is 1. The van der Waals surface area contributed by atoms with Gasteiger partial charge in [-0.05, 0) is 29.8 Å². The molecular formula is C18H16N4O3. The maximum Gasteiger partial charge on any atom is 0.287 e. The second-order valence-corrected chi connectivity index (χ2v) is 5.16. The van der Waals surface area contributed by atoms with Gasteiger partial charge in [0.15, 0.2) is 0 Å².